The number of amides is 1. The van der Waals surface area contributed by atoms with E-state index in [0.717, 1.165) is 41.9 Å². The highest BCUT2D eigenvalue weighted by Gasteiger charge is 2.30. The zero-order valence-corrected chi connectivity index (χ0v) is 18.1. The summed E-state index contributed by atoms with van der Waals surface area (Å²) in [5.41, 5.74) is 2.94. The maximum atomic E-state index is 13.1. The van der Waals surface area contributed by atoms with Gasteiger partial charge in [0.05, 0.1) is 16.7 Å². The molecule has 1 aliphatic heterocycles. The van der Waals surface area contributed by atoms with Gasteiger partial charge in [0.15, 0.2) is 6.10 Å². The molecule has 0 saturated carbocycles. The number of aryl methyl sites for hydroxylation is 1. The molecule has 0 radical (unpaired) electrons. The van der Waals surface area contributed by atoms with Gasteiger partial charge in [-0.1, -0.05) is 12.1 Å². The number of carbonyl (C=O) groups excluding carboxylic acids is 1. The van der Waals surface area contributed by atoms with Crippen molar-refractivity contribution >= 4 is 16.9 Å². The smallest absolute Gasteiger partial charge is 0.263 e. The first-order valence-corrected chi connectivity index (χ1v) is 10.8. The monoisotopic (exact) mass is 431 g/mol. The van der Waals surface area contributed by atoms with Crippen LogP contribution in [0.15, 0.2) is 54.9 Å². The topological polar surface area (TPSA) is 91.0 Å². The van der Waals surface area contributed by atoms with Gasteiger partial charge in [-0.15, -0.1) is 5.10 Å². The van der Waals surface area contributed by atoms with Gasteiger partial charge >= 0.3 is 0 Å². The van der Waals surface area contributed by atoms with Gasteiger partial charge in [-0.3, -0.25) is 4.79 Å². The lowest BCUT2D eigenvalue weighted by Gasteiger charge is -2.34. The standard InChI is InChI=1S/C23H25N7O2/c1-16(32-19-11-9-18(10-12-19)30-15-24-26-27-30)23(31)29-13-5-6-17(14-29)22-25-20-7-3-4-8-21(20)28(22)2/h3-4,7-12,15-17H,5-6,13-14H2,1-2H3. The van der Waals surface area contributed by atoms with Crippen LogP contribution in [0.4, 0.5) is 0 Å². The first-order valence-electron chi connectivity index (χ1n) is 10.8. The Hall–Kier alpha value is -3.75. The van der Waals surface area contributed by atoms with Crippen LogP contribution in [0, 0.1) is 0 Å². The molecule has 164 valence electrons. The fourth-order valence-corrected chi connectivity index (χ4v) is 4.39. The van der Waals surface area contributed by atoms with E-state index < -0.39 is 6.10 Å². The number of likely N-dealkylation sites (tertiary alicyclic amines) is 1. The second-order valence-electron chi connectivity index (χ2n) is 8.15. The van der Waals surface area contributed by atoms with E-state index in [-0.39, 0.29) is 11.8 Å². The van der Waals surface area contributed by atoms with Crippen LogP contribution in [0.5, 0.6) is 5.75 Å². The number of benzene rings is 2. The van der Waals surface area contributed by atoms with Gasteiger partial charge in [-0.25, -0.2) is 9.67 Å². The van der Waals surface area contributed by atoms with Crippen LogP contribution in [-0.2, 0) is 11.8 Å². The third kappa shape index (κ3) is 3.81. The minimum Gasteiger partial charge on any atom is -0.481 e. The zero-order chi connectivity index (χ0) is 22.1. The predicted octanol–water partition coefficient (Wildman–Crippen LogP) is 2.72. The molecule has 4 aromatic rings. The molecule has 2 aromatic carbocycles. The molecule has 9 heteroatoms. The van der Waals surface area contributed by atoms with Crippen molar-refractivity contribution in [1.29, 1.82) is 0 Å². The Bertz CT molecular complexity index is 1220. The third-order valence-corrected chi connectivity index (χ3v) is 6.03. The molecule has 3 heterocycles. The second-order valence-corrected chi connectivity index (χ2v) is 8.15. The number of tetrazole rings is 1. The third-order valence-electron chi connectivity index (χ3n) is 6.03. The molecule has 1 saturated heterocycles. The van der Waals surface area contributed by atoms with Crippen LogP contribution in [0.1, 0.15) is 31.5 Å². The van der Waals surface area contributed by atoms with Crippen molar-refractivity contribution in [3.63, 3.8) is 0 Å². The molecule has 2 atom stereocenters. The minimum atomic E-state index is -0.576. The maximum absolute atomic E-state index is 13.1. The first kappa shape index (κ1) is 20.2. The number of aromatic nitrogens is 6. The number of piperidine rings is 1. The van der Waals surface area contributed by atoms with E-state index in [1.165, 1.54) is 6.33 Å². The van der Waals surface area contributed by atoms with Crippen LogP contribution in [0.2, 0.25) is 0 Å². The maximum Gasteiger partial charge on any atom is 0.263 e. The van der Waals surface area contributed by atoms with E-state index in [4.69, 9.17) is 9.72 Å². The van der Waals surface area contributed by atoms with E-state index in [9.17, 15) is 4.79 Å². The molecule has 9 nitrogen and oxygen atoms in total. The van der Waals surface area contributed by atoms with Gasteiger partial charge in [0.2, 0.25) is 0 Å². The predicted molar refractivity (Wildman–Crippen MR) is 119 cm³/mol. The number of nitrogens with zero attached hydrogens (tertiary/aromatic N) is 7. The Balaban J connectivity index is 1.26. The van der Waals surface area contributed by atoms with E-state index >= 15 is 0 Å². The Morgan fingerprint density at radius 3 is 2.72 bits per heavy atom. The molecule has 0 bridgehead atoms. The first-order chi connectivity index (χ1) is 15.6. The summed E-state index contributed by atoms with van der Waals surface area (Å²) in [5, 5.41) is 11.1. The Labute approximate surface area is 185 Å². The van der Waals surface area contributed by atoms with Crippen LogP contribution in [-0.4, -0.2) is 59.8 Å². The van der Waals surface area contributed by atoms with Crippen molar-refractivity contribution in [3.8, 4) is 11.4 Å². The van der Waals surface area contributed by atoms with Crippen LogP contribution < -0.4 is 4.74 Å². The van der Waals surface area contributed by atoms with E-state index in [1.54, 1.807) is 11.6 Å². The summed E-state index contributed by atoms with van der Waals surface area (Å²) >= 11 is 0. The Morgan fingerprint density at radius 1 is 1.16 bits per heavy atom. The highest BCUT2D eigenvalue weighted by Crippen LogP contribution is 2.29. The molecule has 0 aliphatic carbocycles. The average Bonchev–Trinajstić information content (AvgIpc) is 3.48. The summed E-state index contributed by atoms with van der Waals surface area (Å²) in [4.78, 5) is 19.9. The van der Waals surface area contributed by atoms with Gasteiger partial charge in [-0.2, -0.15) is 0 Å². The molecular formula is C23H25N7O2. The summed E-state index contributed by atoms with van der Waals surface area (Å²) in [6.07, 6.45) is 2.93. The highest BCUT2D eigenvalue weighted by atomic mass is 16.5. The number of para-hydroxylation sites is 2. The zero-order valence-electron chi connectivity index (χ0n) is 18.1. The second kappa shape index (κ2) is 8.41. The number of rotatable bonds is 5. The Morgan fingerprint density at radius 2 is 1.97 bits per heavy atom. The molecular weight excluding hydrogens is 406 g/mol. The van der Waals surface area contributed by atoms with Crippen molar-refractivity contribution in [2.45, 2.75) is 31.8 Å². The highest BCUT2D eigenvalue weighted by molar-refractivity contribution is 5.81. The lowest BCUT2D eigenvalue weighted by atomic mass is 9.96. The molecule has 2 aromatic heterocycles. The fraction of sp³-hybridized carbons (Fsp3) is 0.348. The fourth-order valence-electron chi connectivity index (χ4n) is 4.39. The summed E-state index contributed by atoms with van der Waals surface area (Å²) in [6.45, 7) is 3.20. The van der Waals surface area contributed by atoms with Crippen molar-refractivity contribution < 1.29 is 9.53 Å². The number of carbonyl (C=O) groups is 1. The van der Waals surface area contributed by atoms with E-state index in [2.05, 4.69) is 33.2 Å². The number of hydrogen-bond acceptors (Lipinski definition) is 6. The van der Waals surface area contributed by atoms with Gasteiger partial charge < -0.3 is 14.2 Å². The normalized spacial score (nSPS) is 17.4. The lowest BCUT2D eigenvalue weighted by molar-refractivity contribution is -0.139. The minimum absolute atomic E-state index is 0.00184. The molecule has 0 spiro atoms. The number of fused-ring (bicyclic) bond motifs is 1. The van der Waals surface area contributed by atoms with Crippen LogP contribution in [0.25, 0.3) is 16.7 Å². The average molecular weight is 432 g/mol. The van der Waals surface area contributed by atoms with Gasteiger partial charge in [0.25, 0.3) is 5.91 Å². The number of hydrogen-bond donors (Lipinski definition) is 0. The van der Waals surface area contributed by atoms with E-state index in [1.807, 2.05) is 47.4 Å². The summed E-state index contributed by atoms with van der Waals surface area (Å²) in [5.74, 6) is 1.88. The molecule has 2 unspecified atom stereocenters. The molecule has 1 fully saturated rings. The van der Waals surface area contributed by atoms with Gasteiger partial charge in [0.1, 0.15) is 17.9 Å². The van der Waals surface area contributed by atoms with Crippen molar-refractivity contribution in [3.05, 3.63) is 60.7 Å². The Kier molecular flexibility index (Phi) is 5.30. The molecule has 0 N–H and O–H groups in total. The SMILES string of the molecule is CC(Oc1ccc(-n2cnnn2)cc1)C(=O)N1CCCC(c2nc3ccccc3n2C)C1. The van der Waals surface area contributed by atoms with Gasteiger partial charge in [0, 0.05) is 26.1 Å². The van der Waals surface area contributed by atoms with Crippen LogP contribution in [0.3, 0.4) is 0 Å². The summed E-state index contributed by atoms with van der Waals surface area (Å²) in [7, 11) is 2.05. The van der Waals surface area contributed by atoms with Crippen LogP contribution >= 0.6 is 0 Å². The largest absolute Gasteiger partial charge is 0.481 e. The molecule has 32 heavy (non-hydrogen) atoms. The number of imidazole rings is 1. The molecule has 5 rings (SSSR count). The summed E-state index contributed by atoms with van der Waals surface area (Å²) < 4.78 is 9.66. The molecule has 1 amide bonds. The van der Waals surface area contributed by atoms with Gasteiger partial charge in [-0.05, 0) is 66.6 Å². The lowest BCUT2D eigenvalue weighted by Crippen LogP contribution is -2.45. The number of ether oxygens (including phenoxy) is 1. The van der Waals surface area contributed by atoms with E-state index in [0.29, 0.717) is 12.3 Å². The molecule has 1 aliphatic rings. The van der Waals surface area contributed by atoms with Crippen molar-refractivity contribution in [2.24, 2.45) is 7.05 Å². The summed E-state index contributed by atoms with van der Waals surface area (Å²) in [6, 6.07) is 15.5. The van der Waals surface area contributed by atoms with Crippen molar-refractivity contribution in [2.75, 3.05) is 13.1 Å². The quantitative estimate of drug-likeness (QED) is 0.483. The van der Waals surface area contributed by atoms with Crippen molar-refractivity contribution in [1.82, 2.24) is 34.7 Å².